The van der Waals surface area contributed by atoms with E-state index >= 15 is 0 Å². The summed E-state index contributed by atoms with van der Waals surface area (Å²) in [5.74, 6) is 0.616. The van der Waals surface area contributed by atoms with Crippen molar-refractivity contribution in [3.05, 3.63) is 57.5 Å². The molecular formula is C23H23ClN2O6S. The van der Waals surface area contributed by atoms with Crippen LogP contribution in [0.1, 0.15) is 11.1 Å². The highest BCUT2D eigenvalue weighted by Crippen LogP contribution is 2.40. The number of ether oxygens (including phenoxy) is 3. The molecule has 0 aromatic heterocycles. The number of carbonyl (C=O) groups is 3. The summed E-state index contributed by atoms with van der Waals surface area (Å²) in [5.41, 5.74) is 1.38. The maximum Gasteiger partial charge on any atom is 0.293 e. The SMILES string of the molecule is COc1ccc(CC(=O)NCCN2C(=O)S/C(=C\c3ccc(Cl)cc3)C2=O)c(OC)c1OC. The lowest BCUT2D eigenvalue weighted by Crippen LogP contribution is -2.37. The first-order valence-electron chi connectivity index (χ1n) is 9.93. The third-order valence-corrected chi connectivity index (χ3v) is 6.00. The molecule has 3 amide bonds. The molecule has 0 bridgehead atoms. The molecule has 1 aliphatic heterocycles. The summed E-state index contributed by atoms with van der Waals surface area (Å²) >= 11 is 6.74. The predicted molar refractivity (Wildman–Crippen MR) is 127 cm³/mol. The van der Waals surface area contributed by atoms with Crippen molar-refractivity contribution in [2.45, 2.75) is 6.42 Å². The van der Waals surface area contributed by atoms with Crippen LogP contribution < -0.4 is 19.5 Å². The summed E-state index contributed by atoms with van der Waals surface area (Å²) in [6.07, 6.45) is 1.67. The molecule has 2 aromatic rings. The molecule has 0 radical (unpaired) electrons. The number of nitrogens with one attached hydrogen (secondary N) is 1. The lowest BCUT2D eigenvalue weighted by atomic mass is 10.1. The van der Waals surface area contributed by atoms with Crippen molar-refractivity contribution < 1.29 is 28.6 Å². The normalized spacial score (nSPS) is 14.5. The molecule has 1 heterocycles. The van der Waals surface area contributed by atoms with E-state index in [1.165, 1.54) is 21.3 Å². The van der Waals surface area contributed by atoms with E-state index < -0.39 is 5.91 Å². The van der Waals surface area contributed by atoms with Crippen LogP contribution in [0, 0.1) is 0 Å². The number of methoxy groups -OCH3 is 3. The smallest absolute Gasteiger partial charge is 0.293 e. The molecule has 0 atom stereocenters. The minimum Gasteiger partial charge on any atom is -0.493 e. The van der Waals surface area contributed by atoms with Crippen molar-refractivity contribution in [1.29, 1.82) is 0 Å². The Morgan fingerprint density at radius 3 is 2.36 bits per heavy atom. The molecule has 10 heteroatoms. The fraction of sp³-hybridized carbons (Fsp3) is 0.261. The van der Waals surface area contributed by atoms with E-state index in [1.54, 1.807) is 42.5 Å². The zero-order valence-corrected chi connectivity index (χ0v) is 19.9. The van der Waals surface area contributed by atoms with Crippen LogP contribution in [0.25, 0.3) is 6.08 Å². The topological polar surface area (TPSA) is 94.2 Å². The molecule has 0 saturated carbocycles. The highest BCUT2D eigenvalue weighted by atomic mass is 35.5. The number of hydrogen-bond donors (Lipinski definition) is 1. The third kappa shape index (κ3) is 5.80. The van der Waals surface area contributed by atoms with E-state index in [2.05, 4.69) is 5.32 Å². The van der Waals surface area contributed by atoms with Gasteiger partial charge < -0.3 is 19.5 Å². The third-order valence-electron chi connectivity index (χ3n) is 4.84. The van der Waals surface area contributed by atoms with Gasteiger partial charge in [0.15, 0.2) is 11.5 Å². The number of carbonyl (C=O) groups excluding carboxylic acids is 3. The second-order valence-electron chi connectivity index (χ2n) is 6.91. The zero-order chi connectivity index (χ0) is 24.0. The van der Waals surface area contributed by atoms with Gasteiger partial charge in [0, 0.05) is 23.7 Å². The highest BCUT2D eigenvalue weighted by molar-refractivity contribution is 8.18. The molecule has 0 unspecified atom stereocenters. The lowest BCUT2D eigenvalue weighted by molar-refractivity contribution is -0.124. The van der Waals surface area contributed by atoms with Crippen LogP contribution in [-0.2, 0) is 16.0 Å². The molecule has 174 valence electrons. The van der Waals surface area contributed by atoms with Gasteiger partial charge in [-0.1, -0.05) is 29.8 Å². The lowest BCUT2D eigenvalue weighted by Gasteiger charge is -2.16. The number of thioether (sulfide) groups is 1. The largest absolute Gasteiger partial charge is 0.493 e. The Morgan fingerprint density at radius 2 is 1.73 bits per heavy atom. The van der Waals surface area contributed by atoms with Gasteiger partial charge in [-0.25, -0.2) is 0 Å². The maximum atomic E-state index is 12.6. The van der Waals surface area contributed by atoms with Gasteiger partial charge in [0.25, 0.3) is 11.1 Å². The van der Waals surface area contributed by atoms with E-state index in [4.69, 9.17) is 25.8 Å². The summed E-state index contributed by atoms with van der Waals surface area (Å²) in [6.45, 7) is 0.193. The fourth-order valence-corrected chi connectivity index (χ4v) is 4.24. The van der Waals surface area contributed by atoms with Crippen LogP contribution >= 0.6 is 23.4 Å². The molecular weight excluding hydrogens is 468 g/mol. The summed E-state index contributed by atoms with van der Waals surface area (Å²) in [4.78, 5) is 38.8. The van der Waals surface area contributed by atoms with Crippen molar-refractivity contribution in [2.24, 2.45) is 0 Å². The van der Waals surface area contributed by atoms with Gasteiger partial charge in [0.1, 0.15) is 0 Å². The van der Waals surface area contributed by atoms with Gasteiger partial charge in [-0.2, -0.15) is 0 Å². The predicted octanol–water partition coefficient (Wildman–Crippen LogP) is 3.76. The second kappa shape index (κ2) is 11.1. The molecule has 1 fully saturated rings. The number of rotatable bonds is 9. The van der Waals surface area contributed by atoms with Crippen molar-refractivity contribution >= 4 is 46.5 Å². The first-order valence-corrected chi connectivity index (χ1v) is 11.1. The van der Waals surface area contributed by atoms with Gasteiger partial charge in [-0.3, -0.25) is 19.3 Å². The first-order chi connectivity index (χ1) is 15.9. The van der Waals surface area contributed by atoms with E-state index in [0.717, 1.165) is 22.2 Å². The Bertz CT molecular complexity index is 1090. The van der Waals surface area contributed by atoms with Crippen LogP contribution in [0.3, 0.4) is 0 Å². The average molecular weight is 491 g/mol. The average Bonchev–Trinajstić information content (AvgIpc) is 3.07. The van der Waals surface area contributed by atoms with Crippen LogP contribution in [0.2, 0.25) is 5.02 Å². The first kappa shape index (κ1) is 24.5. The van der Waals surface area contributed by atoms with Crippen LogP contribution in [0.15, 0.2) is 41.3 Å². The van der Waals surface area contributed by atoms with Gasteiger partial charge in [-0.05, 0) is 41.6 Å². The molecule has 33 heavy (non-hydrogen) atoms. The minimum atomic E-state index is -0.393. The highest BCUT2D eigenvalue weighted by Gasteiger charge is 2.34. The minimum absolute atomic E-state index is 0.0297. The number of amides is 3. The number of halogens is 1. The van der Waals surface area contributed by atoms with E-state index in [1.807, 2.05) is 0 Å². The Balaban J connectivity index is 1.58. The molecule has 0 spiro atoms. The molecule has 1 saturated heterocycles. The quantitative estimate of drug-likeness (QED) is 0.535. The van der Waals surface area contributed by atoms with E-state index in [-0.39, 0.29) is 30.7 Å². The molecule has 3 rings (SSSR count). The van der Waals surface area contributed by atoms with Crippen molar-refractivity contribution in [1.82, 2.24) is 10.2 Å². The summed E-state index contributed by atoms with van der Waals surface area (Å²) in [5, 5.41) is 2.94. The van der Waals surface area contributed by atoms with Crippen LogP contribution in [0.5, 0.6) is 17.2 Å². The van der Waals surface area contributed by atoms with Gasteiger partial charge in [0.05, 0.1) is 32.7 Å². The number of benzene rings is 2. The zero-order valence-electron chi connectivity index (χ0n) is 18.3. The monoisotopic (exact) mass is 490 g/mol. The molecule has 1 aliphatic rings. The molecule has 8 nitrogen and oxygen atoms in total. The second-order valence-corrected chi connectivity index (χ2v) is 8.33. The molecule has 2 aromatic carbocycles. The van der Waals surface area contributed by atoms with Crippen LogP contribution in [-0.4, -0.2) is 56.4 Å². The Morgan fingerprint density at radius 1 is 1.03 bits per heavy atom. The Labute approximate surface area is 200 Å². The number of imide groups is 1. The van der Waals surface area contributed by atoms with Crippen molar-refractivity contribution in [2.75, 3.05) is 34.4 Å². The molecule has 0 aliphatic carbocycles. The summed E-state index contributed by atoms with van der Waals surface area (Å²) in [7, 11) is 4.48. The molecule has 1 N–H and O–H groups in total. The summed E-state index contributed by atoms with van der Waals surface area (Å²) in [6, 6.07) is 10.4. The van der Waals surface area contributed by atoms with Gasteiger partial charge in [-0.15, -0.1) is 0 Å². The van der Waals surface area contributed by atoms with Crippen LogP contribution in [0.4, 0.5) is 4.79 Å². The number of hydrogen-bond acceptors (Lipinski definition) is 7. The standard InChI is InChI=1S/C23H23ClN2O6S/c1-30-17-9-6-15(20(31-2)21(17)32-3)13-19(27)25-10-11-26-22(28)18(33-23(26)29)12-14-4-7-16(24)8-5-14/h4-9,12H,10-11,13H2,1-3H3,(H,25,27)/b18-12-. The Hall–Kier alpha value is -3.17. The maximum absolute atomic E-state index is 12.6. The van der Waals surface area contributed by atoms with E-state index in [9.17, 15) is 14.4 Å². The van der Waals surface area contributed by atoms with Gasteiger partial charge >= 0.3 is 0 Å². The van der Waals surface area contributed by atoms with Crippen molar-refractivity contribution in [3.63, 3.8) is 0 Å². The van der Waals surface area contributed by atoms with E-state index in [0.29, 0.717) is 32.7 Å². The van der Waals surface area contributed by atoms with Gasteiger partial charge in [0.2, 0.25) is 11.7 Å². The number of nitrogens with zero attached hydrogens (tertiary/aromatic N) is 1. The summed E-state index contributed by atoms with van der Waals surface area (Å²) < 4.78 is 16.0. The fourth-order valence-electron chi connectivity index (χ4n) is 3.25. The van der Waals surface area contributed by atoms with Crippen molar-refractivity contribution in [3.8, 4) is 17.2 Å². The Kier molecular flexibility index (Phi) is 8.24.